The maximum atomic E-state index is 11.1. The number of carboxylic acid groups (broad SMARTS) is 1. The van der Waals surface area contributed by atoms with Gasteiger partial charge in [0.1, 0.15) is 0 Å². The number of rotatable bonds is 14. The molecule has 0 bridgehead atoms. The predicted octanol–water partition coefficient (Wildman–Crippen LogP) is 3.34. The van der Waals surface area contributed by atoms with Gasteiger partial charge in [-0.2, -0.15) is 8.42 Å². The molecule has 0 amide bonds. The number of hydrogen-bond acceptors (Lipinski definition) is 4. The quantitative estimate of drug-likeness (QED) is 0.393. The van der Waals surface area contributed by atoms with Gasteiger partial charge in [0.05, 0.1) is 6.61 Å². The van der Waals surface area contributed by atoms with Gasteiger partial charge in [-0.25, -0.2) is 0 Å². The highest BCUT2D eigenvalue weighted by atomic mass is 32.2. The van der Waals surface area contributed by atoms with Crippen LogP contribution in [0.15, 0.2) is 0 Å². The fourth-order valence-electron chi connectivity index (χ4n) is 1.97. The van der Waals surface area contributed by atoms with Crippen molar-refractivity contribution in [3.8, 4) is 0 Å². The topological polar surface area (TPSA) is 80.7 Å². The van der Waals surface area contributed by atoms with Gasteiger partial charge in [-0.1, -0.05) is 64.7 Å². The number of carboxylic acids is 1. The van der Waals surface area contributed by atoms with E-state index in [2.05, 4.69) is 11.1 Å². The Morgan fingerprint density at radius 1 is 0.900 bits per heavy atom. The minimum absolute atomic E-state index is 0.0894. The minimum Gasteiger partial charge on any atom is -0.480 e. The predicted molar refractivity (Wildman–Crippen MR) is 79.2 cm³/mol. The third-order valence-corrected chi connectivity index (χ3v) is 4.19. The first-order valence-corrected chi connectivity index (χ1v) is 9.14. The summed E-state index contributed by atoms with van der Waals surface area (Å²) in [5.74, 6) is -2.34. The second-order valence-corrected chi connectivity index (χ2v) is 6.74. The third-order valence-electron chi connectivity index (χ3n) is 3.06. The SMILES string of the molecule is CCCCCCCCCCCCOS(=O)(=O)CC(=O)O. The molecular formula is C14H28O5S. The lowest BCUT2D eigenvalue weighted by molar-refractivity contribution is -0.134. The Hall–Kier alpha value is -0.620. The van der Waals surface area contributed by atoms with Crippen LogP contribution in [0.2, 0.25) is 0 Å². The van der Waals surface area contributed by atoms with E-state index in [0.29, 0.717) is 6.42 Å². The summed E-state index contributed by atoms with van der Waals surface area (Å²) in [5.41, 5.74) is 0. The molecule has 5 nitrogen and oxygen atoms in total. The molecule has 0 fully saturated rings. The number of hydrogen-bond donors (Lipinski definition) is 1. The van der Waals surface area contributed by atoms with Crippen LogP contribution in [0.3, 0.4) is 0 Å². The molecule has 0 radical (unpaired) electrons. The highest BCUT2D eigenvalue weighted by molar-refractivity contribution is 7.87. The molecule has 6 heteroatoms. The van der Waals surface area contributed by atoms with Crippen molar-refractivity contribution in [2.24, 2.45) is 0 Å². The molecule has 0 saturated heterocycles. The standard InChI is InChI=1S/C14H28O5S/c1-2-3-4-5-6-7-8-9-10-11-12-19-20(17,18)13-14(15)16/h2-13H2,1H3,(H,15,16). The monoisotopic (exact) mass is 308 g/mol. The van der Waals surface area contributed by atoms with Crippen molar-refractivity contribution in [2.45, 2.75) is 71.1 Å². The fraction of sp³-hybridized carbons (Fsp3) is 0.929. The molecule has 1 N–H and O–H groups in total. The Morgan fingerprint density at radius 2 is 1.35 bits per heavy atom. The summed E-state index contributed by atoms with van der Waals surface area (Å²) in [6.45, 7) is 2.30. The molecule has 0 aromatic carbocycles. The molecule has 0 spiro atoms. The zero-order valence-electron chi connectivity index (χ0n) is 12.5. The van der Waals surface area contributed by atoms with Crippen molar-refractivity contribution in [3.63, 3.8) is 0 Å². The van der Waals surface area contributed by atoms with Gasteiger partial charge < -0.3 is 5.11 Å². The van der Waals surface area contributed by atoms with Crippen molar-refractivity contribution >= 4 is 16.1 Å². The lowest BCUT2D eigenvalue weighted by Gasteiger charge is -2.04. The Morgan fingerprint density at radius 3 is 1.80 bits per heavy atom. The highest BCUT2D eigenvalue weighted by Crippen LogP contribution is 2.10. The van der Waals surface area contributed by atoms with E-state index in [1.54, 1.807) is 0 Å². The summed E-state index contributed by atoms with van der Waals surface area (Å²) >= 11 is 0. The average Bonchev–Trinajstić information content (AvgIpc) is 2.34. The van der Waals surface area contributed by atoms with E-state index in [0.717, 1.165) is 12.8 Å². The summed E-state index contributed by atoms with van der Waals surface area (Å²) in [6, 6.07) is 0. The molecule has 0 rings (SSSR count). The fourth-order valence-corrected chi connectivity index (χ4v) is 2.73. The lowest BCUT2D eigenvalue weighted by atomic mass is 10.1. The molecule has 0 aliphatic rings. The van der Waals surface area contributed by atoms with E-state index in [9.17, 15) is 13.2 Å². The van der Waals surface area contributed by atoms with Crippen molar-refractivity contribution < 1.29 is 22.5 Å². The molecule has 0 aromatic rings. The van der Waals surface area contributed by atoms with Gasteiger partial charge in [-0.05, 0) is 6.42 Å². The number of aliphatic carboxylic acids is 1. The van der Waals surface area contributed by atoms with Crippen LogP contribution in [0.25, 0.3) is 0 Å². The van der Waals surface area contributed by atoms with Crippen LogP contribution in [-0.2, 0) is 19.1 Å². The van der Waals surface area contributed by atoms with Crippen LogP contribution in [-0.4, -0.2) is 31.9 Å². The Kier molecular flexibility index (Phi) is 11.8. The van der Waals surface area contributed by atoms with Crippen molar-refractivity contribution in [1.82, 2.24) is 0 Å². The molecule has 0 heterocycles. The second-order valence-electron chi connectivity index (χ2n) is 5.10. The van der Waals surface area contributed by atoms with Gasteiger partial charge >= 0.3 is 5.97 Å². The van der Waals surface area contributed by atoms with Gasteiger partial charge in [-0.15, -0.1) is 0 Å². The molecule has 120 valence electrons. The van der Waals surface area contributed by atoms with E-state index < -0.39 is 21.8 Å². The maximum Gasteiger partial charge on any atom is 0.321 e. The summed E-state index contributed by atoms with van der Waals surface area (Å²) in [7, 11) is -3.89. The average molecular weight is 308 g/mol. The maximum absolute atomic E-state index is 11.1. The smallest absolute Gasteiger partial charge is 0.321 e. The van der Waals surface area contributed by atoms with E-state index >= 15 is 0 Å². The zero-order valence-corrected chi connectivity index (χ0v) is 13.3. The summed E-state index contributed by atoms with van der Waals surface area (Å²) in [4.78, 5) is 10.3. The van der Waals surface area contributed by atoms with Crippen LogP contribution < -0.4 is 0 Å². The Bertz CT molecular complexity index is 337. The molecule has 20 heavy (non-hydrogen) atoms. The van der Waals surface area contributed by atoms with Gasteiger partial charge in [0.25, 0.3) is 10.1 Å². The Labute approximate surface area is 122 Å². The van der Waals surface area contributed by atoms with Crippen molar-refractivity contribution in [2.75, 3.05) is 12.4 Å². The summed E-state index contributed by atoms with van der Waals surface area (Å²) in [5, 5.41) is 8.37. The minimum atomic E-state index is -3.89. The highest BCUT2D eigenvalue weighted by Gasteiger charge is 2.15. The van der Waals surface area contributed by atoms with Gasteiger partial charge in [0.2, 0.25) is 0 Å². The molecule has 0 aliphatic heterocycles. The van der Waals surface area contributed by atoms with Gasteiger partial charge in [0, 0.05) is 0 Å². The van der Waals surface area contributed by atoms with E-state index in [-0.39, 0.29) is 6.61 Å². The first-order chi connectivity index (χ1) is 9.48. The van der Waals surface area contributed by atoms with Crippen molar-refractivity contribution in [1.29, 1.82) is 0 Å². The van der Waals surface area contributed by atoms with Gasteiger partial charge in [-0.3, -0.25) is 8.98 Å². The largest absolute Gasteiger partial charge is 0.480 e. The molecule has 0 aliphatic carbocycles. The van der Waals surface area contributed by atoms with Crippen LogP contribution in [0.4, 0.5) is 0 Å². The normalized spacial score (nSPS) is 11.7. The molecule has 0 unspecified atom stereocenters. The molecule has 0 saturated carbocycles. The second kappa shape index (κ2) is 12.1. The van der Waals surface area contributed by atoms with Crippen LogP contribution in [0.1, 0.15) is 71.1 Å². The van der Waals surface area contributed by atoms with Crippen LogP contribution >= 0.6 is 0 Å². The summed E-state index contributed by atoms with van der Waals surface area (Å²) in [6.07, 6.45) is 11.6. The first-order valence-electron chi connectivity index (χ1n) is 7.57. The van der Waals surface area contributed by atoms with Crippen molar-refractivity contribution in [3.05, 3.63) is 0 Å². The number of carbonyl (C=O) groups is 1. The molecule has 0 atom stereocenters. The van der Waals surface area contributed by atoms with E-state index in [4.69, 9.17) is 5.11 Å². The lowest BCUT2D eigenvalue weighted by Crippen LogP contribution is -2.18. The molecular weight excluding hydrogens is 280 g/mol. The molecule has 0 aromatic heterocycles. The van der Waals surface area contributed by atoms with E-state index in [1.165, 1.54) is 44.9 Å². The van der Waals surface area contributed by atoms with Crippen LogP contribution in [0, 0.1) is 0 Å². The Balaban J connectivity index is 3.30. The van der Waals surface area contributed by atoms with Crippen LogP contribution in [0.5, 0.6) is 0 Å². The number of unbranched alkanes of at least 4 members (excludes halogenated alkanes) is 9. The van der Waals surface area contributed by atoms with E-state index in [1.807, 2.05) is 0 Å². The summed E-state index contributed by atoms with van der Waals surface area (Å²) < 4.78 is 26.8. The zero-order chi connectivity index (χ0) is 15.3. The third kappa shape index (κ3) is 13.8. The van der Waals surface area contributed by atoms with Gasteiger partial charge in [0.15, 0.2) is 5.75 Å². The first kappa shape index (κ1) is 19.4.